The number of amides is 1. The quantitative estimate of drug-likeness (QED) is 0.606. The molecule has 4 heteroatoms. The van der Waals surface area contributed by atoms with E-state index in [0.717, 1.165) is 16.9 Å². The van der Waals surface area contributed by atoms with Crippen molar-refractivity contribution in [2.75, 3.05) is 13.2 Å². The van der Waals surface area contributed by atoms with Crippen molar-refractivity contribution in [2.45, 2.75) is 13.5 Å². The Bertz CT molecular complexity index is 878. The maximum absolute atomic E-state index is 12.3. The van der Waals surface area contributed by atoms with E-state index < -0.39 is 0 Å². The van der Waals surface area contributed by atoms with Crippen LogP contribution in [-0.2, 0) is 6.61 Å². The Morgan fingerprint density at radius 2 is 1.59 bits per heavy atom. The Morgan fingerprint density at radius 1 is 0.852 bits per heavy atom. The van der Waals surface area contributed by atoms with Crippen LogP contribution in [0.1, 0.15) is 21.5 Å². The van der Waals surface area contributed by atoms with Crippen LogP contribution in [0.5, 0.6) is 11.5 Å². The Kier molecular flexibility index (Phi) is 6.47. The fraction of sp³-hybridized carbons (Fsp3) is 0.174. The van der Waals surface area contributed by atoms with Gasteiger partial charge in [0.1, 0.15) is 24.7 Å². The summed E-state index contributed by atoms with van der Waals surface area (Å²) >= 11 is 0. The van der Waals surface area contributed by atoms with Crippen LogP contribution in [0.4, 0.5) is 0 Å². The average Bonchev–Trinajstić information content (AvgIpc) is 2.70. The molecule has 0 heterocycles. The first-order valence-corrected chi connectivity index (χ1v) is 8.95. The van der Waals surface area contributed by atoms with Gasteiger partial charge in [-0.2, -0.15) is 0 Å². The number of hydrogen-bond donors (Lipinski definition) is 1. The minimum atomic E-state index is -0.145. The van der Waals surface area contributed by atoms with E-state index in [4.69, 9.17) is 9.47 Å². The summed E-state index contributed by atoms with van der Waals surface area (Å²) in [6, 6.07) is 24.9. The second-order valence-electron chi connectivity index (χ2n) is 6.22. The highest BCUT2D eigenvalue weighted by Crippen LogP contribution is 2.15. The van der Waals surface area contributed by atoms with Crippen LogP contribution in [-0.4, -0.2) is 19.1 Å². The van der Waals surface area contributed by atoms with Crippen molar-refractivity contribution >= 4 is 5.91 Å². The van der Waals surface area contributed by atoms with Crippen molar-refractivity contribution < 1.29 is 14.3 Å². The topological polar surface area (TPSA) is 47.6 Å². The number of carbonyl (C=O) groups excluding carboxylic acids is 1. The molecule has 0 aromatic heterocycles. The highest BCUT2D eigenvalue weighted by molar-refractivity contribution is 5.94. The van der Waals surface area contributed by atoms with Gasteiger partial charge in [0.2, 0.25) is 0 Å². The van der Waals surface area contributed by atoms with E-state index in [9.17, 15) is 4.79 Å². The highest BCUT2D eigenvalue weighted by Gasteiger charge is 2.06. The van der Waals surface area contributed by atoms with E-state index in [1.165, 1.54) is 0 Å². The number of hydrogen-bond acceptors (Lipinski definition) is 3. The van der Waals surface area contributed by atoms with Crippen LogP contribution in [0.2, 0.25) is 0 Å². The first kappa shape index (κ1) is 18.5. The smallest absolute Gasteiger partial charge is 0.251 e. The van der Waals surface area contributed by atoms with Gasteiger partial charge in [-0.25, -0.2) is 0 Å². The van der Waals surface area contributed by atoms with Gasteiger partial charge < -0.3 is 14.8 Å². The van der Waals surface area contributed by atoms with Crippen LogP contribution in [0.3, 0.4) is 0 Å². The average molecular weight is 361 g/mol. The van der Waals surface area contributed by atoms with Gasteiger partial charge in [0.25, 0.3) is 5.91 Å². The fourth-order valence-electron chi connectivity index (χ4n) is 2.61. The van der Waals surface area contributed by atoms with Gasteiger partial charge in [-0.05, 0) is 48.4 Å². The van der Waals surface area contributed by atoms with Gasteiger partial charge in [0.05, 0.1) is 6.54 Å². The third kappa shape index (κ3) is 5.89. The summed E-state index contributed by atoms with van der Waals surface area (Å²) in [6.45, 7) is 3.33. The molecule has 0 saturated heterocycles. The first-order chi connectivity index (χ1) is 13.2. The lowest BCUT2D eigenvalue weighted by Gasteiger charge is -2.10. The molecule has 1 amide bonds. The third-order valence-electron chi connectivity index (χ3n) is 3.99. The standard InChI is InChI=1S/C23H23NO3/c1-18-7-5-11-21(15-18)26-14-13-24-23(25)20-10-6-12-22(16-20)27-17-19-8-3-2-4-9-19/h2-12,15-16H,13-14,17H2,1H3,(H,24,25). The second kappa shape index (κ2) is 9.43. The van der Waals surface area contributed by atoms with Crippen molar-refractivity contribution in [2.24, 2.45) is 0 Å². The van der Waals surface area contributed by atoms with Crippen molar-refractivity contribution in [1.29, 1.82) is 0 Å². The predicted molar refractivity (Wildman–Crippen MR) is 106 cm³/mol. The molecule has 3 rings (SSSR count). The molecule has 3 aromatic carbocycles. The van der Waals surface area contributed by atoms with E-state index in [2.05, 4.69) is 5.32 Å². The largest absolute Gasteiger partial charge is 0.492 e. The Hall–Kier alpha value is -3.27. The van der Waals surface area contributed by atoms with Gasteiger partial charge in [-0.3, -0.25) is 4.79 Å². The van der Waals surface area contributed by atoms with Gasteiger partial charge in [0, 0.05) is 5.56 Å². The van der Waals surface area contributed by atoms with Crippen LogP contribution >= 0.6 is 0 Å². The summed E-state index contributed by atoms with van der Waals surface area (Å²) in [7, 11) is 0. The highest BCUT2D eigenvalue weighted by atomic mass is 16.5. The normalized spacial score (nSPS) is 10.3. The molecule has 0 radical (unpaired) electrons. The van der Waals surface area contributed by atoms with Crippen LogP contribution in [0, 0.1) is 6.92 Å². The zero-order valence-corrected chi connectivity index (χ0v) is 15.4. The molecule has 0 bridgehead atoms. The molecule has 0 spiro atoms. The van der Waals surface area contributed by atoms with E-state index in [0.29, 0.717) is 31.1 Å². The first-order valence-electron chi connectivity index (χ1n) is 8.95. The molecule has 0 atom stereocenters. The number of nitrogens with one attached hydrogen (secondary N) is 1. The van der Waals surface area contributed by atoms with Crippen LogP contribution < -0.4 is 14.8 Å². The summed E-state index contributed by atoms with van der Waals surface area (Å²) in [5.41, 5.74) is 2.79. The van der Waals surface area contributed by atoms with Crippen LogP contribution in [0.15, 0.2) is 78.9 Å². The number of ether oxygens (including phenoxy) is 2. The van der Waals surface area contributed by atoms with Crippen molar-refractivity contribution in [3.8, 4) is 11.5 Å². The predicted octanol–water partition coefficient (Wildman–Crippen LogP) is 4.38. The fourth-order valence-corrected chi connectivity index (χ4v) is 2.61. The zero-order valence-electron chi connectivity index (χ0n) is 15.4. The van der Waals surface area contributed by atoms with Gasteiger partial charge in [-0.1, -0.05) is 48.5 Å². The monoisotopic (exact) mass is 361 g/mol. The molecule has 3 aromatic rings. The lowest BCUT2D eigenvalue weighted by atomic mass is 10.2. The lowest BCUT2D eigenvalue weighted by Crippen LogP contribution is -2.28. The van der Waals surface area contributed by atoms with Crippen molar-refractivity contribution in [3.63, 3.8) is 0 Å². The van der Waals surface area contributed by atoms with E-state index in [1.54, 1.807) is 12.1 Å². The lowest BCUT2D eigenvalue weighted by molar-refractivity contribution is 0.0946. The van der Waals surface area contributed by atoms with Crippen molar-refractivity contribution in [1.82, 2.24) is 5.32 Å². The van der Waals surface area contributed by atoms with Crippen LogP contribution in [0.25, 0.3) is 0 Å². The zero-order chi connectivity index (χ0) is 18.9. The molecule has 0 saturated carbocycles. The summed E-state index contributed by atoms with van der Waals surface area (Å²) in [4.78, 5) is 12.3. The molecule has 0 aliphatic heterocycles. The molecule has 0 aliphatic carbocycles. The summed E-state index contributed by atoms with van der Waals surface area (Å²) in [6.07, 6.45) is 0. The maximum Gasteiger partial charge on any atom is 0.251 e. The molecule has 27 heavy (non-hydrogen) atoms. The second-order valence-corrected chi connectivity index (χ2v) is 6.22. The van der Waals surface area contributed by atoms with E-state index in [-0.39, 0.29) is 5.91 Å². The minimum absolute atomic E-state index is 0.145. The van der Waals surface area contributed by atoms with Gasteiger partial charge >= 0.3 is 0 Å². The van der Waals surface area contributed by atoms with E-state index >= 15 is 0 Å². The maximum atomic E-state index is 12.3. The molecule has 138 valence electrons. The summed E-state index contributed by atoms with van der Waals surface area (Å²) in [5, 5.41) is 2.87. The minimum Gasteiger partial charge on any atom is -0.492 e. The Morgan fingerprint density at radius 3 is 2.37 bits per heavy atom. The number of benzene rings is 3. The molecule has 1 N–H and O–H groups in total. The SMILES string of the molecule is Cc1cccc(OCCNC(=O)c2cccc(OCc3ccccc3)c2)c1. The summed E-state index contributed by atoms with van der Waals surface area (Å²) in [5.74, 6) is 1.33. The molecule has 4 nitrogen and oxygen atoms in total. The van der Waals surface area contributed by atoms with Crippen molar-refractivity contribution in [3.05, 3.63) is 95.6 Å². The third-order valence-corrected chi connectivity index (χ3v) is 3.99. The Balaban J connectivity index is 1.46. The van der Waals surface area contributed by atoms with Gasteiger partial charge in [0.15, 0.2) is 0 Å². The Labute approximate surface area is 159 Å². The molecular formula is C23H23NO3. The number of carbonyl (C=O) groups is 1. The number of rotatable bonds is 8. The molecular weight excluding hydrogens is 338 g/mol. The summed E-state index contributed by atoms with van der Waals surface area (Å²) < 4.78 is 11.4. The molecule has 0 fully saturated rings. The van der Waals surface area contributed by atoms with Gasteiger partial charge in [-0.15, -0.1) is 0 Å². The molecule has 0 unspecified atom stereocenters. The van der Waals surface area contributed by atoms with E-state index in [1.807, 2.05) is 73.7 Å². The number of aryl methyl sites for hydroxylation is 1. The molecule has 0 aliphatic rings.